The zero-order chi connectivity index (χ0) is 13.8. The Morgan fingerprint density at radius 2 is 1.58 bits per heavy atom. The fourth-order valence-corrected chi connectivity index (χ4v) is 3.58. The van der Waals surface area contributed by atoms with E-state index in [4.69, 9.17) is 0 Å². The monoisotopic (exact) mass is 372 g/mol. The second-order valence-corrected chi connectivity index (χ2v) is 7.56. The maximum absolute atomic E-state index is 10.4. The van der Waals surface area contributed by atoms with E-state index < -0.39 is 0 Å². The van der Waals surface area contributed by atoms with Crippen molar-refractivity contribution in [3.8, 4) is 0 Å². The van der Waals surface area contributed by atoms with Crippen molar-refractivity contribution in [2.45, 2.75) is 52.1 Å². The van der Waals surface area contributed by atoms with Gasteiger partial charge in [-0.2, -0.15) is 0 Å². The first-order chi connectivity index (χ1) is 9.06. The van der Waals surface area contributed by atoms with Crippen LogP contribution in [-0.4, -0.2) is 11.2 Å². The Hall–Kier alpha value is -0.0900. The number of hydrogen-bond acceptors (Lipinski definition) is 1. The smallest absolute Gasteiger partial charge is 0.0608 e. The predicted octanol–water partition coefficient (Wildman–Crippen LogP) is 4.66. The van der Waals surface area contributed by atoms with E-state index in [2.05, 4.69) is 60.7 Å². The first-order valence-corrected chi connectivity index (χ1v) is 8.56. The fourth-order valence-electron chi connectivity index (χ4n) is 3.23. The lowest BCUT2D eigenvalue weighted by atomic mass is 9.74. The van der Waals surface area contributed by atoms with Gasteiger partial charge in [0.1, 0.15) is 0 Å². The first-order valence-electron chi connectivity index (χ1n) is 7.48. The van der Waals surface area contributed by atoms with E-state index in [1.54, 1.807) is 0 Å². The van der Waals surface area contributed by atoms with Gasteiger partial charge in [-0.3, -0.25) is 0 Å². The first kappa shape index (κ1) is 15.3. The molecule has 0 bridgehead atoms. The topological polar surface area (TPSA) is 20.2 Å². The van der Waals surface area contributed by atoms with E-state index in [-0.39, 0.29) is 6.10 Å². The van der Waals surface area contributed by atoms with Gasteiger partial charge in [0, 0.05) is 3.57 Å². The predicted molar refractivity (Wildman–Crippen MR) is 89.2 cm³/mol. The zero-order valence-electron chi connectivity index (χ0n) is 12.0. The Morgan fingerprint density at radius 1 is 1.05 bits per heavy atom. The quantitative estimate of drug-likeness (QED) is 0.763. The highest BCUT2D eigenvalue weighted by atomic mass is 127. The summed E-state index contributed by atoms with van der Waals surface area (Å²) in [6.07, 6.45) is 5.66. The Balaban J connectivity index is 1.84. The van der Waals surface area contributed by atoms with Gasteiger partial charge in [-0.1, -0.05) is 26.0 Å². The molecule has 106 valence electrons. The van der Waals surface area contributed by atoms with Crippen molar-refractivity contribution in [1.82, 2.24) is 0 Å². The van der Waals surface area contributed by atoms with Crippen molar-refractivity contribution < 1.29 is 5.11 Å². The third kappa shape index (κ3) is 4.45. The summed E-state index contributed by atoms with van der Waals surface area (Å²) < 4.78 is 1.26. The number of hydrogen-bond donors (Lipinski definition) is 1. The minimum absolute atomic E-state index is 0.159. The van der Waals surface area contributed by atoms with Crippen molar-refractivity contribution in [3.05, 3.63) is 33.4 Å². The average Bonchev–Trinajstić information content (AvgIpc) is 2.41. The van der Waals surface area contributed by atoms with Crippen LogP contribution >= 0.6 is 22.6 Å². The van der Waals surface area contributed by atoms with E-state index in [1.165, 1.54) is 34.8 Å². The molecule has 0 spiro atoms. The summed E-state index contributed by atoms with van der Waals surface area (Å²) in [5.74, 6) is 2.19. The fraction of sp³-hybridized carbons (Fsp3) is 0.647. The third-order valence-electron chi connectivity index (χ3n) is 4.66. The van der Waals surface area contributed by atoms with Gasteiger partial charge >= 0.3 is 0 Å². The molecule has 19 heavy (non-hydrogen) atoms. The molecule has 0 saturated heterocycles. The van der Waals surface area contributed by atoms with Gasteiger partial charge in [-0.05, 0) is 90.1 Å². The highest BCUT2D eigenvalue weighted by Gasteiger charge is 2.27. The lowest BCUT2D eigenvalue weighted by Crippen LogP contribution is -2.28. The normalized spacial score (nSPS) is 25.5. The number of aliphatic hydroxyl groups is 1. The van der Waals surface area contributed by atoms with Gasteiger partial charge in [-0.15, -0.1) is 0 Å². The lowest BCUT2D eigenvalue weighted by Gasteiger charge is -2.33. The number of halogens is 1. The molecule has 0 heterocycles. The molecule has 0 aromatic heterocycles. The molecule has 2 heteroatoms. The highest BCUT2D eigenvalue weighted by Crippen LogP contribution is 2.35. The summed E-state index contributed by atoms with van der Waals surface area (Å²) >= 11 is 2.32. The number of benzene rings is 1. The van der Waals surface area contributed by atoms with Crippen LogP contribution in [0.15, 0.2) is 24.3 Å². The molecular weight excluding hydrogens is 347 g/mol. The van der Waals surface area contributed by atoms with E-state index in [0.717, 1.165) is 18.3 Å². The van der Waals surface area contributed by atoms with Crippen molar-refractivity contribution >= 4 is 22.6 Å². The van der Waals surface area contributed by atoms with Gasteiger partial charge in [-0.25, -0.2) is 0 Å². The van der Waals surface area contributed by atoms with Crippen LogP contribution in [0.1, 0.15) is 45.1 Å². The molecule has 0 radical (unpaired) electrons. The SMILES string of the molecule is CC(C)C1CCC(C(O)Cc2ccc(I)cc2)CC1. The minimum Gasteiger partial charge on any atom is -0.392 e. The average molecular weight is 372 g/mol. The van der Waals surface area contributed by atoms with Crippen LogP contribution in [-0.2, 0) is 6.42 Å². The lowest BCUT2D eigenvalue weighted by molar-refractivity contribution is 0.0675. The zero-order valence-corrected chi connectivity index (χ0v) is 14.1. The summed E-state index contributed by atoms with van der Waals surface area (Å²) in [5, 5.41) is 10.4. The van der Waals surface area contributed by atoms with Crippen LogP contribution in [0, 0.1) is 21.3 Å². The Kier molecular flexibility index (Phi) is 5.70. The van der Waals surface area contributed by atoms with Gasteiger partial charge < -0.3 is 5.11 Å². The van der Waals surface area contributed by atoms with Crippen molar-refractivity contribution in [2.75, 3.05) is 0 Å². The molecular formula is C17H25IO. The molecule has 0 amide bonds. The summed E-state index contributed by atoms with van der Waals surface area (Å²) in [6.45, 7) is 4.65. The van der Waals surface area contributed by atoms with Crippen molar-refractivity contribution in [3.63, 3.8) is 0 Å². The molecule has 1 aliphatic rings. The Morgan fingerprint density at radius 3 is 2.11 bits per heavy atom. The van der Waals surface area contributed by atoms with E-state index >= 15 is 0 Å². The van der Waals surface area contributed by atoms with Crippen molar-refractivity contribution in [1.29, 1.82) is 0 Å². The Labute approximate surface area is 130 Å². The van der Waals surface area contributed by atoms with E-state index in [1.807, 2.05) is 0 Å². The largest absolute Gasteiger partial charge is 0.392 e. The standard InChI is InChI=1S/C17H25IO/c1-12(2)14-5-7-15(8-6-14)17(19)11-13-3-9-16(18)10-4-13/h3-4,9-10,12,14-15,17,19H,5-8,11H2,1-2H3. The molecule has 1 fully saturated rings. The van der Waals surface area contributed by atoms with Crippen LogP contribution in [0.3, 0.4) is 0 Å². The molecule has 2 rings (SSSR count). The van der Waals surface area contributed by atoms with E-state index in [9.17, 15) is 5.11 Å². The molecule has 1 aromatic carbocycles. The van der Waals surface area contributed by atoms with Crippen molar-refractivity contribution in [2.24, 2.45) is 17.8 Å². The van der Waals surface area contributed by atoms with Gasteiger partial charge in [0.05, 0.1) is 6.10 Å². The third-order valence-corrected chi connectivity index (χ3v) is 5.38. The van der Waals surface area contributed by atoms with Gasteiger partial charge in [0.25, 0.3) is 0 Å². The highest BCUT2D eigenvalue weighted by molar-refractivity contribution is 14.1. The molecule has 1 atom stereocenters. The molecule has 0 aliphatic heterocycles. The number of aliphatic hydroxyl groups excluding tert-OH is 1. The molecule has 1 nitrogen and oxygen atoms in total. The molecule has 1 N–H and O–H groups in total. The summed E-state index contributed by atoms with van der Waals surface area (Å²) in [4.78, 5) is 0. The second kappa shape index (κ2) is 7.07. The molecule has 1 aromatic rings. The van der Waals surface area contributed by atoms with Gasteiger partial charge in [0.15, 0.2) is 0 Å². The van der Waals surface area contributed by atoms with Crippen LogP contribution in [0.5, 0.6) is 0 Å². The molecule has 1 unspecified atom stereocenters. The summed E-state index contributed by atoms with van der Waals surface area (Å²) in [6, 6.07) is 8.53. The maximum Gasteiger partial charge on any atom is 0.0608 e. The van der Waals surface area contributed by atoms with Crippen LogP contribution in [0.4, 0.5) is 0 Å². The second-order valence-electron chi connectivity index (χ2n) is 6.32. The van der Waals surface area contributed by atoms with Crippen LogP contribution < -0.4 is 0 Å². The number of rotatable bonds is 4. The van der Waals surface area contributed by atoms with E-state index in [0.29, 0.717) is 5.92 Å². The maximum atomic E-state index is 10.4. The minimum atomic E-state index is -0.159. The summed E-state index contributed by atoms with van der Waals surface area (Å²) in [5.41, 5.74) is 1.26. The summed E-state index contributed by atoms with van der Waals surface area (Å²) in [7, 11) is 0. The van der Waals surface area contributed by atoms with Crippen LogP contribution in [0.25, 0.3) is 0 Å². The molecule has 1 saturated carbocycles. The molecule has 1 aliphatic carbocycles. The van der Waals surface area contributed by atoms with Gasteiger partial charge in [0.2, 0.25) is 0 Å². The van der Waals surface area contributed by atoms with Crippen LogP contribution in [0.2, 0.25) is 0 Å². The Bertz CT molecular complexity index is 377.